The maximum Gasteiger partial charge on any atom is 0.0654 e. The van der Waals surface area contributed by atoms with Gasteiger partial charge in [0.05, 0.1) is 5.60 Å². The first-order chi connectivity index (χ1) is 7.27. The first-order valence-corrected chi connectivity index (χ1v) is 6.52. The fourth-order valence-electron chi connectivity index (χ4n) is 2.33. The second kappa shape index (κ2) is 7.24. The average molecular weight is 214 g/mol. The van der Waals surface area contributed by atoms with Crippen LogP contribution < -0.4 is 0 Å². The first kappa shape index (κ1) is 13.0. The summed E-state index contributed by atoms with van der Waals surface area (Å²) in [6, 6.07) is 0. The number of hydrogen-bond donors (Lipinski definition) is 1. The van der Waals surface area contributed by atoms with E-state index in [1.165, 1.54) is 44.9 Å². The summed E-state index contributed by atoms with van der Waals surface area (Å²) >= 11 is 0. The molecule has 0 aromatic carbocycles. The van der Waals surface area contributed by atoms with Gasteiger partial charge in [-0.05, 0) is 32.6 Å². The molecule has 0 bridgehead atoms. The van der Waals surface area contributed by atoms with Crippen molar-refractivity contribution in [2.24, 2.45) is 0 Å². The minimum Gasteiger partial charge on any atom is -0.396 e. The average Bonchev–Trinajstić information content (AvgIpc) is 2.64. The number of ether oxygens (including phenoxy) is 1. The van der Waals surface area contributed by atoms with Gasteiger partial charge in [0.1, 0.15) is 0 Å². The molecule has 0 radical (unpaired) electrons. The highest BCUT2D eigenvalue weighted by Gasteiger charge is 2.28. The normalized spacial score (nSPS) is 19.6. The summed E-state index contributed by atoms with van der Waals surface area (Å²) in [4.78, 5) is 0. The lowest BCUT2D eigenvalue weighted by atomic mass is 10.1. The van der Waals surface area contributed by atoms with Crippen molar-refractivity contribution in [1.29, 1.82) is 0 Å². The van der Waals surface area contributed by atoms with Crippen LogP contribution in [0.4, 0.5) is 0 Å². The number of aliphatic hydroxyl groups is 1. The fourth-order valence-corrected chi connectivity index (χ4v) is 2.33. The molecule has 15 heavy (non-hydrogen) atoms. The van der Waals surface area contributed by atoms with Gasteiger partial charge in [-0.3, -0.25) is 0 Å². The van der Waals surface area contributed by atoms with E-state index in [1.54, 1.807) is 0 Å². The lowest BCUT2D eigenvalue weighted by molar-refractivity contribution is -0.0278. The molecule has 0 unspecified atom stereocenters. The Morgan fingerprint density at radius 1 is 1.00 bits per heavy atom. The van der Waals surface area contributed by atoms with Gasteiger partial charge in [0, 0.05) is 13.2 Å². The highest BCUT2D eigenvalue weighted by Crippen LogP contribution is 2.32. The zero-order chi connectivity index (χ0) is 11.0. The second-order valence-electron chi connectivity index (χ2n) is 5.00. The molecule has 1 fully saturated rings. The topological polar surface area (TPSA) is 29.5 Å². The van der Waals surface area contributed by atoms with Gasteiger partial charge < -0.3 is 9.84 Å². The molecule has 2 heteroatoms. The monoisotopic (exact) mass is 214 g/mol. The van der Waals surface area contributed by atoms with Crippen LogP contribution in [0, 0.1) is 0 Å². The van der Waals surface area contributed by atoms with Crippen molar-refractivity contribution in [2.75, 3.05) is 13.2 Å². The summed E-state index contributed by atoms with van der Waals surface area (Å²) in [5.74, 6) is 0. The van der Waals surface area contributed by atoms with Gasteiger partial charge in [-0.25, -0.2) is 0 Å². The van der Waals surface area contributed by atoms with E-state index >= 15 is 0 Å². The molecule has 1 N–H and O–H groups in total. The zero-order valence-electron chi connectivity index (χ0n) is 10.1. The largest absolute Gasteiger partial charge is 0.396 e. The van der Waals surface area contributed by atoms with E-state index < -0.39 is 0 Å². The summed E-state index contributed by atoms with van der Waals surface area (Å²) in [6.07, 6.45) is 11.0. The lowest BCUT2D eigenvalue weighted by Crippen LogP contribution is -2.24. The molecular formula is C13H26O2. The fraction of sp³-hybridized carbons (Fsp3) is 1.00. The summed E-state index contributed by atoms with van der Waals surface area (Å²) in [5.41, 5.74) is 0.200. The smallest absolute Gasteiger partial charge is 0.0654 e. The highest BCUT2D eigenvalue weighted by molar-refractivity contribution is 4.81. The van der Waals surface area contributed by atoms with Crippen LogP contribution in [0.1, 0.15) is 64.7 Å². The van der Waals surface area contributed by atoms with Crippen molar-refractivity contribution in [3.63, 3.8) is 0 Å². The Balaban J connectivity index is 1.88. The number of unbranched alkanes of at least 4 members (excludes halogenated alkanes) is 4. The molecular weight excluding hydrogens is 188 g/mol. The predicted octanol–water partition coefficient (Wildman–Crippen LogP) is 3.28. The van der Waals surface area contributed by atoms with Gasteiger partial charge in [-0.15, -0.1) is 0 Å². The van der Waals surface area contributed by atoms with Gasteiger partial charge in [-0.1, -0.05) is 32.1 Å². The molecule has 2 nitrogen and oxygen atoms in total. The molecule has 1 saturated carbocycles. The molecule has 0 aliphatic heterocycles. The quantitative estimate of drug-likeness (QED) is 0.628. The molecule has 1 aliphatic carbocycles. The van der Waals surface area contributed by atoms with Crippen LogP contribution in [0.15, 0.2) is 0 Å². The van der Waals surface area contributed by atoms with Crippen LogP contribution >= 0.6 is 0 Å². The minimum absolute atomic E-state index is 0.200. The van der Waals surface area contributed by atoms with E-state index in [0.717, 1.165) is 19.4 Å². The SMILES string of the molecule is CC1(OCCCCCCCO)CCCC1. The van der Waals surface area contributed by atoms with Crippen LogP contribution in [0.5, 0.6) is 0 Å². The Kier molecular flexibility index (Phi) is 6.26. The van der Waals surface area contributed by atoms with Crippen molar-refractivity contribution in [1.82, 2.24) is 0 Å². The number of aliphatic hydroxyl groups excluding tert-OH is 1. The lowest BCUT2D eigenvalue weighted by Gasteiger charge is -2.24. The molecule has 0 saturated heterocycles. The van der Waals surface area contributed by atoms with Crippen LogP contribution in [0.2, 0.25) is 0 Å². The van der Waals surface area contributed by atoms with Crippen LogP contribution in [-0.2, 0) is 4.74 Å². The van der Waals surface area contributed by atoms with Gasteiger partial charge in [-0.2, -0.15) is 0 Å². The van der Waals surface area contributed by atoms with Crippen molar-refractivity contribution in [3.8, 4) is 0 Å². The Bertz CT molecular complexity index is 151. The van der Waals surface area contributed by atoms with E-state index in [0.29, 0.717) is 6.61 Å². The Labute approximate surface area is 94.0 Å². The third kappa shape index (κ3) is 5.53. The summed E-state index contributed by atoms with van der Waals surface area (Å²) in [7, 11) is 0. The van der Waals surface area contributed by atoms with Crippen LogP contribution in [0.25, 0.3) is 0 Å². The van der Waals surface area contributed by atoms with E-state index in [4.69, 9.17) is 9.84 Å². The highest BCUT2D eigenvalue weighted by atomic mass is 16.5. The van der Waals surface area contributed by atoms with Gasteiger partial charge in [0.25, 0.3) is 0 Å². The molecule has 0 spiro atoms. The maximum absolute atomic E-state index is 8.62. The third-order valence-corrected chi connectivity index (χ3v) is 3.41. The molecule has 0 amide bonds. The minimum atomic E-state index is 0.200. The van der Waals surface area contributed by atoms with Gasteiger partial charge in [0.2, 0.25) is 0 Å². The Morgan fingerprint density at radius 2 is 1.60 bits per heavy atom. The molecule has 0 aromatic heterocycles. The summed E-state index contributed by atoms with van der Waals surface area (Å²) < 4.78 is 5.95. The molecule has 90 valence electrons. The zero-order valence-corrected chi connectivity index (χ0v) is 10.1. The van der Waals surface area contributed by atoms with E-state index in [1.807, 2.05) is 0 Å². The number of hydrogen-bond acceptors (Lipinski definition) is 2. The first-order valence-electron chi connectivity index (χ1n) is 6.52. The molecule has 1 rings (SSSR count). The van der Waals surface area contributed by atoms with Crippen LogP contribution in [-0.4, -0.2) is 23.9 Å². The molecule has 0 atom stereocenters. The number of rotatable bonds is 8. The predicted molar refractivity (Wildman–Crippen MR) is 63.0 cm³/mol. The van der Waals surface area contributed by atoms with E-state index in [9.17, 15) is 0 Å². The summed E-state index contributed by atoms with van der Waals surface area (Å²) in [6.45, 7) is 3.52. The molecule has 0 aromatic rings. The second-order valence-corrected chi connectivity index (χ2v) is 5.00. The Morgan fingerprint density at radius 3 is 2.27 bits per heavy atom. The summed E-state index contributed by atoms with van der Waals surface area (Å²) in [5, 5.41) is 8.62. The van der Waals surface area contributed by atoms with Gasteiger partial charge in [0.15, 0.2) is 0 Å². The molecule has 0 heterocycles. The third-order valence-electron chi connectivity index (χ3n) is 3.41. The van der Waals surface area contributed by atoms with Crippen molar-refractivity contribution < 1.29 is 9.84 Å². The van der Waals surface area contributed by atoms with E-state index in [2.05, 4.69) is 6.92 Å². The van der Waals surface area contributed by atoms with Crippen molar-refractivity contribution >= 4 is 0 Å². The maximum atomic E-state index is 8.62. The van der Waals surface area contributed by atoms with Crippen molar-refractivity contribution in [3.05, 3.63) is 0 Å². The molecule has 1 aliphatic rings. The Hall–Kier alpha value is -0.0800. The van der Waals surface area contributed by atoms with Crippen LogP contribution in [0.3, 0.4) is 0 Å². The van der Waals surface area contributed by atoms with Gasteiger partial charge >= 0.3 is 0 Å². The standard InChI is InChI=1S/C13H26O2/c1-13(9-5-6-10-13)15-12-8-4-2-3-7-11-14/h14H,2-12H2,1H3. The van der Waals surface area contributed by atoms with E-state index in [-0.39, 0.29) is 5.60 Å². The van der Waals surface area contributed by atoms with Crippen molar-refractivity contribution in [2.45, 2.75) is 70.3 Å².